The van der Waals surface area contributed by atoms with Gasteiger partial charge >= 0.3 is 0 Å². The maximum Gasteiger partial charge on any atom is 0.121 e. The van der Waals surface area contributed by atoms with Gasteiger partial charge in [0.25, 0.3) is 0 Å². The second kappa shape index (κ2) is 4.96. The van der Waals surface area contributed by atoms with Gasteiger partial charge in [0.1, 0.15) is 6.10 Å². The first kappa shape index (κ1) is 10.2. The fourth-order valence-electron chi connectivity index (χ4n) is 1.09. The molecular weight excluding hydrogens is 170 g/mol. The van der Waals surface area contributed by atoms with Crippen LogP contribution in [0.2, 0.25) is 0 Å². The van der Waals surface area contributed by atoms with E-state index in [2.05, 4.69) is 15.5 Å². The van der Waals surface area contributed by atoms with Crippen LogP contribution >= 0.6 is 0 Å². The number of nitrogens with zero attached hydrogens (tertiary/aromatic N) is 1. The lowest BCUT2D eigenvalue weighted by molar-refractivity contribution is 0.0115. The first-order valence-electron chi connectivity index (χ1n) is 4.25. The Morgan fingerprint density at radius 1 is 1.62 bits per heavy atom. The number of aromatic amines is 1. The Hall–Kier alpha value is -0.910. The third-order valence-corrected chi connectivity index (χ3v) is 1.90. The lowest BCUT2D eigenvalue weighted by Gasteiger charge is -2.15. The molecule has 4 N–H and O–H groups in total. The maximum absolute atomic E-state index is 9.56. The van der Waals surface area contributed by atoms with Crippen LogP contribution in [0.4, 0.5) is 0 Å². The highest BCUT2D eigenvalue weighted by molar-refractivity contribution is 5.03. The van der Waals surface area contributed by atoms with Crippen molar-refractivity contribution in [1.82, 2.24) is 15.5 Å². The van der Waals surface area contributed by atoms with Gasteiger partial charge in [-0.15, -0.1) is 0 Å². The molecule has 1 aromatic heterocycles. The number of hydrogen-bond donors (Lipinski definition) is 4. The van der Waals surface area contributed by atoms with E-state index in [1.54, 1.807) is 19.3 Å². The lowest BCUT2D eigenvalue weighted by atomic mass is 10.1. The molecule has 0 spiro atoms. The highest BCUT2D eigenvalue weighted by atomic mass is 16.3. The third kappa shape index (κ3) is 2.80. The van der Waals surface area contributed by atoms with Crippen molar-refractivity contribution in [2.45, 2.75) is 18.6 Å². The molecule has 0 aliphatic rings. The van der Waals surface area contributed by atoms with Crippen LogP contribution in [-0.4, -0.2) is 40.1 Å². The molecule has 1 aromatic rings. The average Bonchev–Trinajstić information content (AvgIpc) is 2.65. The summed E-state index contributed by atoms with van der Waals surface area (Å²) in [5, 5.41) is 28.2. The van der Waals surface area contributed by atoms with E-state index in [9.17, 15) is 10.2 Å². The number of aromatic nitrogens is 2. The first-order valence-corrected chi connectivity index (χ1v) is 4.25. The number of hydrogen-bond acceptors (Lipinski definition) is 4. The van der Waals surface area contributed by atoms with Gasteiger partial charge in [-0.2, -0.15) is 5.10 Å². The zero-order chi connectivity index (χ0) is 9.68. The molecule has 0 radical (unpaired) electrons. The van der Waals surface area contributed by atoms with Gasteiger partial charge in [-0.3, -0.25) is 5.10 Å². The summed E-state index contributed by atoms with van der Waals surface area (Å²) in [6.45, 7) is 0.673. The fourth-order valence-corrected chi connectivity index (χ4v) is 1.09. The van der Waals surface area contributed by atoms with Crippen LogP contribution < -0.4 is 5.32 Å². The van der Waals surface area contributed by atoms with E-state index in [1.807, 2.05) is 0 Å². The quantitative estimate of drug-likeness (QED) is 0.494. The van der Waals surface area contributed by atoms with Crippen molar-refractivity contribution < 1.29 is 10.2 Å². The number of H-pyrrole nitrogens is 1. The van der Waals surface area contributed by atoms with Gasteiger partial charge in [-0.25, -0.2) is 0 Å². The third-order valence-electron chi connectivity index (χ3n) is 1.90. The molecule has 0 aliphatic carbocycles. The van der Waals surface area contributed by atoms with Crippen molar-refractivity contribution in [3.8, 4) is 0 Å². The number of aliphatic hydroxyl groups excluding tert-OH is 2. The Bertz CT molecular complexity index is 225. The minimum atomic E-state index is -0.879. The van der Waals surface area contributed by atoms with E-state index in [1.165, 1.54) is 0 Å². The normalized spacial score (nSPS) is 15.6. The lowest BCUT2D eigenvalue weighted by Crippen LogP contribution is -2.23. The zero-order valence-corrected chi connectivity index (χ0v) is 7.57. The topological polar surface area (TPSA) is 81.2 Å². The molecule has 5 nitrogen and oxygen atoms in total. The highest BCUT2D eigenvalue weighted by Gasteiger charge is 2.18. The summed E-state index contributed by atoms with van der Waals surface area (Å²) in [7, 11) is 1.80. The van der Waals surface area contributed by atoms with Crippen LogP contribution in [0.1, 0.15) is 18.2 Å². The molecule has 1 heterocycles. The van der Waals surface area contributed by atoms with Gasteiger partial charge in [-0.1, -0.05) is 0 Å². The fraction of sp³-hybridized carbons (Fsp3) is 0.625. The van der Waals surface area contributed by atoms with Gasteiger partial charge in [-0.05, 0) is 26.1 Å². The van der Waals surface area contributed by atoms with Crippen LogP contribution in [0.25, 0.3) is 0 Å². The minimum absolute atomic E-state index is 0.511. The summed E-state index contributed by atoms with van der Waals surface area (Å²) in [4.78, 5) is 0. The van der Waals surface area contributed by atoms with Crippen LogP contribution in [-0.2, 0) is 0 Å². The second-order valence-electron chi connectivity index (χ2n) is 2.92. The summed E-state index contributed by atoms with van der Waals surface area (Å²) >= 11 is 0. The molecule has 1 rings (SSSR count). The summed E-state index contributed by atoms with van der Waals surface area (Å²) in [6.07, 6.45) is 0.420. The molecule has 0 amide bonds. The predicted octanol–water partition coefficient (Wildman–Crippen LogP) is -0.587. The van der Waals surface area contributed by atoms with Crippen LogP contribution in [0.15, 0.2) is 12.3 Å². The molecule has 5 heteroatoms. The summed E-state index contributed by atoms with van der Waals surface area (Å²) in [6, 6.07) is 1.65. The van der Waals surface area contributed by atoms with Crippen LogP contribution in [0.3, 0.4) is 0 Å². The van der Waals surface area contributed by atoms with E-state index < -0.39 is 12.2 Å². The molecule has 0 bridgehead atoms. The monoisotopic (exact) mass is 185 g/mol. The van der Waals surface area contributed by atoms with Crippen molar-refractivity contribution >= 4 is 0 Å². The molecule has 0 saturated heterocycles. The standard InChI is InChI=1S/C8H15N3O2/c1-9-4-3-7(12)8(13)6-2-5-10-11-6/h2,5,7-9,12-13H,3-4H2,1H3,(H,10,11). The molecule has 74 valence electrons. The molecular formula is C8H15N3O2. The van der Waals surface area contributed by atoms with Crippen molar-refractivity contribution in [3.63, 3.8) is 0 Å². The number of aliphatic hydroxyl groups is 2. The van der Waals surface area contributed by atoms with Crippen molar-refractivity contribution in [3.05, 3.63) is 18.0 Å². The summed E-state index contributed by atoms with van der Waals surface area (Å²) in [5.41, 5.74) is 0.545. The van der Waals surface area contributed by atoms with Gasteiger partial charge in [0.15, 0.2) is 0 Å². The molecule has 0 fully saturated rings. The molecule has 0 aromatic carbocycles. The zero-order valence-electron chi connectivity index (χ0n) is 7.57. The van der Waals surface area contributed by atoms with E-state index >= 15 is 0 Å². The van der Waals surface area contributed by atoms with E-state index in [0.717, 1.165) is 0 Å². The average molecular weight is 185 g/mol. The molecule has 0 aliphatic heterocycles. The number of rotatable bonds is 5. The van der Waals surface area contributed by atoms with Gasteiger partial charge in [0.05, 0.1) is 11.8 Å². The Balaban J connectivity index is 2.43. The smallest absolute Gasteiger partial charge is 0.121 e. The largest absolute Gasteiger partial charge is 0.390 e. The second-order valence-corrected chi connectivity index (χ2v) is 2.92. The summed E-state index contributed by atoms with van der Waals surface area (Å²) in [5.74, 6) is 0. The Morgan fingerprint density at radius 2 is 2.38 bits per heavy atom. The van der Waals surface area contributed by atoms with Gasteiger partial charge in [0.2, 0.25) is 0 Å². The SMILES string of the molecule is CNCCC(O)C(O)c1ccn[nH]1. The van der Waals surface area contributed by atoms with Crippen molar-refractivity contribution in [1.29, 1.82) is 0 Å². The molecule has 2 atom stereocenters. The van der Waals surface area contributed by atoms with Gasteiger partial charge < -0.3 is 15.5 Å². The van der Waals surface area contributed by atoms with Gasteiger partial charge in [0, 0.05) is 6.20 Å². The predicted molar refractivity (Wildman–Crippen MR) is 48.1 cm³/mol. The Morgan fingerprint density at radius 3 is 2.92 bits per heavy atom. The minimum Gasteiger partial charge on any atom is -0.390 e. The van der Waals surface area contributed by atoms with E-state index in [0.29, 0.717) is 18.7 Å². The molecule has 0 saturated carbocycles. The van der Waals surface area contributed by atoms with E-state index in [4.69, 9.17) is 0 Å². The highest BCUT2D eigenvalue weighted by Crippen LogP contribution is 2.15. The first-order chi connectivity index (χ1) is 6.25. The Kier molecular flexibility index (Phi) is 3.88. The summed E-state index contributed by atoms with van der Waals surface area (Å²) < 4.78 is 0. The van der Waals surface area contributed by atoms with Crippen molar-refractivity contribution in [2.75, 3.05) is 13.6 Å². The maximum atomic E-state index is 9.56. The molecule has 2 unspecified atom stereocenters. The van der Waals surface area contributed by atoms with Crippen molar-refractivity contribution in [2.24, 2.45) is 0 Å². The van der Waals surface area contributed by atoms with Crippen LogP contribution in [0.5, 0.6) is 0 Å². The Labute approximate surface area is 76.8 Å². The number of nitrogens with one attached hydrogen (secondary N) is 2. The molecule has 13 heavy (non-hydrogen) atoms. The van der Waals surface area contributed by atoms with E-state index in [-0.39, 0.29) is 0 Å². The van der Waals surface area contributed by atoms with Crippen LogP contribution in [0, 0.1) is 0 Å².